The fourth-order valence-electron chi connectivity index (χ4n) is 2.80. The first kappa shape index (κ1) is 13.9. The van der Waals surface area contributed by atoms with Gasteiger partial charge in [0.2, 0.25) is 0 Å². The molecule has 0 aliphatic heterocycles. The summed E-state index contributed by atoms with van der Waals surface area (Å²) in [6.45, 7) is 6.64. The van der Waals surface area contributed by atoms with E-state index in [0.29, 0.717) is 12.1 Å². The Morgan fingerprint density at radius 3 is 2.56 bits per heavy atom. The summed E-state index contributed by atoms with van der Waals surface area (Å²) < 4.78 is 0. The third kappa shape index (κ3) is 4.04. The van der Waals surface area contributed by atoms with Crippen LogP contribution in [0.5, 0.6) is 0 Å². The summed E-state index contributed by atoms with van der Waals surface area (Å²) in [6.07, 6.45) is 5.38. The standard InChI is InChI=1S/C13H28N2O/c1-11(2)15(8-9-16)10-12-6-4-5-7-13(12)14-3/h11-14,16H,4-10H2,1-3H3. The minimum atomic E-state index is 0.273. The van der Waals surface area contributed by atoms with Crippen LogP contribution in [0.15, 0.2) is 0 Å². The third-order valence-corrected chi connectivity index (χ3v) is 3.87. The quantitative estimate of drug-likeness (QED) is 0.722. The SMILES string of the molecule is CNC1CCCCC1CN(CCO)C(C)C. The normalized spacial score (nSPS) is 26.6. The second-order valence-electron chi connectivity index (χ2n) is 5.25. The first-order valence-corrected chi connectivity index (χ1v) is 6.71. The third-order valence-electron chi connectivity index (χ3n) is 3.87. The van der Waals surface area contributed by atoms with Gasteiger partial charge in [-0.05, 0) is 39.7 Å². The van der Waals surface area contributed by atoms with Crippen molar-refractivity contribution in [2.24, 2.45) is 5.92 Å². The molecular weight excluding hydrogens is 200 g/mol. The van der Waals surface area contributed by atoms with Crippen LogP contribution in [0.25, 0.3) is 0 Å². The van der Waals surface area contributed by atoms with Gasteiger partial charge in [0.25, 0.3) is 0 Å². The van der Waals surface area contributed by atoms with E-state index in [9.17, 15) is 0 Å². The Labute approximate surface area is 100 Å². The van der Waals surface area contributed by atoms with Crippen LogP contribution in [-0.4, -0.2) is 48.8 Å². The van der Waals surface area contributed by atoms with E-state index in [-0.39, 0.29) is 6.61 Å². The molecule has 1 saturated carbocycles. The van der Waals surface area contributed by atoms with Gasteiger partial charge in [-0.15, -0.1) is 0 Å². The molecule has 0 amide bonds. The van der Waals surface area contributed by atoms with E-state index in [2.05, 4.69) is 31.1 Å². The molecule has 2 atom stereocenters. The number of nitrogens with zero attached hydrogens (tertiary/aromatic N) is 1. The summed E-state index contributed by atoms with van der Waals surface area (Å²) in [5, 5.41) is 12.5. The molecule has 3 nitrogen and oxygen atoms in total. The van der Waals surface area contributed by atoms with E-state index in [1.54, 1.807) is 0 Å². The first-order valence-electron chi connectivity index (χ1n) is 6.71. The van der Waals surface area contributed by atoms with Gasteiger partial charge in [-0.2, -0.15) is 0 Å². The number of hydrogen-bond acceptors (Lipinski definition) is 3. The molecule has 2 unspecified atom stereocenters. The zero-order valence-electron chi connectivity index (χ0n) is 11.1. The van der Waals surface area contributed by atoms with Crippen LogP contribution >= 0.6 is 0 Å². The van der Waals surface area contributed by atoms with Crippen molar-refractivity contribution in [1.29, 1.82) is 0 Å². The maximum Gasteiger partial charge on any atom is 0.0558 e. The second-order valence-corrected chi connectivity index (χ2v) is 5.25. The first-order chi connectivity index (χ1) is 7.69. The average Bonchev–Trinajstić information content (AvgIpc) is 2.29. The highest BCUT2D eigenvalue weighted by Crippen LogP contribution is 2.25. The van der Waals surface area contributed by atoms with E-state index < -0.39 is 0 Å². The fraction of sp³-hybridized carbons (Fsp3) is 1.00. The molecule has 0 heterocycles. The molecule has 96 valence electrons. The molecule has 16 heavy (non-hydrogen) atoms. The van der Waals surface area contributed by atoms with Crippen molar-refractivity contribution in [3.8, 4) is 0 Å². The molecule has 3 heteroatoms. The lowest BCUT2D eigenvalue weighted by Crippen LogP contribution is -2.45. The van der Waals surface area contributed by atoms with Gasteiger partial charge in [0.15, 0.2) is 0 Å². The second kappa shape index (κ2) is 7.25. The zero-order chi connectivity index (χ0) is 12.0. The van der Waals surface area contributed by atoms with Crippen LogP contribution < -0.4 is 5.32 Å². The maximum absolute atomic E-state index is 9.08. The van der Waals surface area contributed by atoms with Crippen molar-refractivity contribution in [1.82, 2.24) is 10.2 Å². The molecule has 0 bridgehead atoms. The summed E-state index contributed by atoms with van der Waals surface area (Å²) in [4.78, 5) is 2.40. The van der Waals surface area contributed by atoms with E-state index in [4.69, 9.17) is 5.11 Å². The van der Waals surface area contributed by atoms with Crippen molar-refractivity contribution in [3.63, 3.8) is 0 Å². The Kier molecular flexibility index (Phi) is 6.32. The average molecular weight is 228 g/mol. The molecule has 0 radical (unpaired) electrons. The van der Waals surface area contributed by atoms with Crippen molar-refractivity contribution in [3.05, 3.63) is 0 Å². The number of rotatable bonds is 6. The Morgan fingerprint density at radius 2 is 2.00 bits per heavy atom. The van der Waals surface area contributed by atoms with Crippen LogP contribution in [0.4, 0.5) is 0 Å². The zero-order valence-corrected chi connectivity index (χ0v) is 11.1. The lowest BCUT2D eigenvalue weighted by molar-refractivity contribution is 0.119. The van der Waals surface area contributed by atoms with Gasteiger partial charge >= 0.3 is 0 Å². The Morgan fingerprint density at radius 1 is 1.31 bits per heavy atom. The summed E-state index contributed by atoms with van der Waals surface area (Å²) in [5.41, 5.74) is 0. The Balaban J connectivity index is 2.47. The smallest absolute Gasteiger partial charge is 0.0558 e. The Bertz CT molecular complexity index is 185. The molecule has 0 aromatic carbocycles. The topological polar surface area (TPSA) is 35.5 Å². The van der Waals surface area contributed by atoms with Crippen molar-refractivity contribution in [2.45, 2.75) is 51.6 Å². The maximum atomic E-state index is 9.08. The molecule has 1 fully saturated rings. The summed E-state index contributed by atoms with van der Waals surface area (Å²) >= 11 is 0. The van der Waals surface area contributed by atoms with Gasteiger partial charge in [-0.3, -0.25) is 4.90 Å². The minimum absolute atomic E-state index is 0.273. The number of aliphatic hydroxyl groups excluding tert-OH is 1. The van der Waals surface area contributed by atoms with Crippen LogP contribution in [0.2, 0.25) is 0 Å². The van der Waals surface area contributed by atoms with Crippen molar-refractivity contribution >= 4 is 0 Å². The van der Waals surface area contributed by atoms with Crippen LogP contribution in [0.3, 0.4) is 0 Å². The van der Waals surface area contributed by atoms with Gasteiger partial charge in [0.1, 0.15) is 0 Å². The highest BCUT2D eigenvalue weighted by atomic mass is 16.3. The summed E-state index contributed by atoms with van der Waals surface area (Å²) in [7, 11) is 2.08. The highest BCUT2D eigenvalue weighted by Gasteiger charge is 2.26. The minimum Gasteiger partial charge on any atom is -0.395 e. The molecule has 1 aliphatic carbocycles. The molecule has 0 aromatic heterocycles. The Hall–Kier alpha value is -0.120. The van der Waals surface area contributed by atoms with E-state index >= 15 is 0 Å². The van der Waals surface area contributed by atoms with Crippen LogP contribution in [0, 0.1) is 5.92 Å². The predicted octanol–water partition coefficient (Wildman–Crippen LogP) is 1.47. The predicted molar refractivity (Wildman–Crippen MR) is 68.6 cm³/mol. The van der Waals surface area contributed by atoms with E-state index in [0.717, 1.165) is 19.0 Å². The molecule has 0 aromatic rings. The number of aliphatic hydroxyl groups is 1. The molecule has 1 aliphatic rings. The largest absolute Gasteiger partial charge is 0.395 e. The van der Waals surface area contributed by atoms with Gasteiger partial charge in [-0.25, -0.2) is 0 Å². The van der Waals surface area contributed by atoms with Crippen LogP contribution in [-0.2, 0) is 0 Å². The lowest BCUT2D eigenvalue weighted by atomic mass is 9.84. The molecule has 2 N–H and O–H groups in total. The van der Waals surface area contributed by atoms with Gasteiger partial charge in [0.05, 0.1) is 6.61 Å². The number of nitrogens with one attached hydrogen (secondary N) is 1. The fourth-order valence-corrected chi connectivity index (χ4v) is 2.80. The lowest BCUT2D eigenvalue weighted by Gasteiger charge is -2.36. The van der Waals surface area contributed by atoms with Gasteiger partial charge in [-0.1, -0.05) is 12.8 Å². The number of hydrogen-bond donors (Lipinski definition) is 2. The highest BCUT2D eigenvalue weighted by molar-refractivity contribution is 4.83. The van der Waals surface area contributed by atoms with Crippen molar-refractivity contribution < 1.29 is 5.11 Å². The van der Waals surface area contributed by atoms with Gasteiger partial charge < -0.3 is 10.4 Å². The van der Waals surface area contributed by atoms with Crippen LogP contribution in [0.1, 0.15) is 39.5 Å². The van der Waals surface area contributed by atoms with E-state index in [1.807, 2.05) is 0 Å². The molecule has 1 rings (SSSR count). The summed E-state index contributed by atoms with van der Waals surface area (Å²) in [6, 6.07) is 1.21. The summed E-state index contributed by atoms with van der Waals surface area (Å²) in [5.74, 6) is 0.757. The molecular formula is C13H28N2O. The molecule has 0 saturated heterocycles. The van der Waals surface area contributed by atoms with E-state index in [1.165, 1.54) is 25.7 Å². The monoisotopic (exact) mass is 228 g/mol. The van der Waals surface area contributed by atoms with Crippen molar-refractivity contribution in [2.75, 3.05) is 26.7 Å². The van der Waals surface area contributed by atoms with Gasteiger partial charge in [0, 0.05) is 25.2 Å². The molecule has 0 spiro atoms.